The Labute approximate surface area is 121 Å². The van der Waals surface area contributed by atoms with Crippen LogP contribution in [-0.2, 0) is 12.6 Å². The summed E-state index contributed by atoms with van der Waals surface area (Å²) in [5.41, 5.74) is 1.24. The molecule has 0 saturated heterocycles. The number of anilines is 1. The van der Waals surface area contributed by atoms with Gasteiger partial charge in [0.05, 0.1) is 0 Å². The normalized spacial score (nSPS) is 12.0. The van der Waals surface area contributed by atoms with Gasteiger partial charge in [-0.25, -0.2) is 0 Å². The predicted molar refractivity (Wildman–Crippen MR) is 72.3 cm³/mol. The van der Waals surface area contributed by atoms with Gasteiger partial charge in [0.15, 0.2) is 5.65 Å². The summed E-state index contributed by atoms with van der Waals surface area (Å²) in [4.78, 5) is 0. The first-order valence-electron chi connectivity index (χ1n) is 6.08. The lowest BCUT2D eigenvalue weighted by Gasteiger charge is -2.06. The van der Waals surface area contributed by atoms with Gasteiger partial charge in [-0.3, -0.25) is 0 Å². The van der Waals surface area contributed by atoms with E-state index < -0.39 is 12.0 Å². The minimum absolute atomic E-state index is 0.0608. The monoisotopic (exact) mass is 313 g/mol. The lowest BCUT2D eigenvalue weighted by molar-refractivity contribution is -0.146. The number of alkyl halides is 3. The molecule has 0 unspecified atom stereocenters. The Morgan fingerprint density at radius 2 is 2.05 bits per heavy atom. The van der Waals surface area contributed by atoms with Gasteiger partial charge in [-0.2, -0.15) is 29.0 Å². The third-order valence-corrected chi connectivity index (χ3v) is 3.55. The largest absolute Gasteiger partial charge is 0.453 e. The maximum atomic E-state index is 12.7. The van der Waals surface area contributed by atoms with E-state index in [-0.39, 0.29) is 5.65 Å². The maximum absolute atomic E-state index is 12.7. The number of hydrogen-bond acceptors (Lipinski definition) is 5. The summed E-state index contributed by atoms with van der Waals surface area (Å²) in [6.07, 6.45) is -3.81. The van der Waals surface area contributed by atoms with E-state index in [0.717, 1.165) is 6.42 Å². The second-order valence-electron chi connectivity index (χ2n) is 4.32. The molecular formula is C12H10F3N5S. The van der Waals surface area contributed by atoms with Crippen LogP contribution in [0.1, 0.15) is 11.4 Å². The lowest BCUT2D eigenvalue weighted by Crippen LogP contribution is -2.14. The van der Waals surface area contributed by atoms with E-state index >= 15 is 0 Å². The van der Waals surface area contributed by atoms with Gasteiger partial charge in [-0.15, -0.1) is 15.3 Å². The highest BCUT2D eigenvalue weighted by Crippen LogP contribution is 2.27. The first-order valence-corrected chi connectivity index (χ1v) is 7.03. The second-order valence-corrected chi connectivity index (χ2v) is 5.10. The van der Waals surface area contributed by atoms with Crippen LogP contribution in [-0.4, -0.2) is 26.4 Å². The number of rotatable bonds is 4. The van der Waals surface area contributed by atoms with E-state index in [0.29, 0.717) is 16.9 Å². The molecule has 0 spiro atoms. The molecule has 3 aromatic rings. The molecule has 3 rings (SSSR count). The molecule has 0 radical (unpaired) electrons. The Kier molecular flexibility index (Phi) is 3.50. The van der Waals surface area contributed by atoms with Gasteiger partial charge in [0.25, 0.3) is 5.82 Å². The SMILES string of the molecule is FC(F)(F)c1nnc2ccc(NCCc3ccsc3)nn12. The van der Waals surface area contributed by atoms with Gasteiger partial charge < -0.3 is 5.32 Å². The van der Waals surface area contributed by atoms with Crippen molar-refractivity contribution in [1.29, 1.82) is 0 Å². The van der Waals surface area contributed by atoms with Crippen LogP contribution in [0.2, 0.25) is 0 Å². The van der Waals surface area contributed by atoms with Crippen LogP contribution in [0.25, 0.3) is 5.65 Å². The van der Waals surface area contributed by atoms with Crippen LogP contribution in [0.4, 0.5) is 19.0 Å². The van der Waals surface area contributed by atoms with Crippen molar-refractivity contribution in [1.82, 2.24) is 19.8 Å². The number of hydrogen-bond donors (Lipinski definition) is 1. The van der Waals surface area contributed by atoms with E-state index in [1.807, 2.05) is 16.8 Å². The summed E-state index contributed by atoms with van der Waals surface area (Å²) < 4.78 is 38.9. The number of halogens is 3. The van der Waals surface area contributed by atoms with Crippen LogP contribution in [0.3, 0.4) is 0 Å². The average molecular weight is 313 g/mol. The molecule has 1 N–H and O–H groups in total. The third-order valence-electron chi connectivity index (χ3n) is 2.82. The van der Waals surface area contributed by atoms with Crippen molar-refractivity contribution in [2.45, 2.75) is 12.6 Å². The van der Waals surface area contributed by atoms with Gasteiger partial charge in [0.2, 0.25) is 0 Å². The lowest BCUT2D eigenvalue weighted by atomic mass is 10.2. The predicted octanol–water partition coefficient (Wildman–Crippen LogP) is 2.86. The van der Waals surface area contributed by atoms with Crippen molar-refractivity contribution in [3.05, 3.63) is 40.3 Å². The van der Waals surface area contributed by atoms with E-state index in [2.05, 4.69) is 20.6 Å². The Hall–Kier alpha value is -2.16. The smallest absolute Gasteiger partial charge is 0.368 e. The van der Waals surface area contributed by atoms with Crippen molar-refractivity contribution in [3.63, 3.8) is 0 Å². The van der Waals surface area contributed by atoms with Crippen LogP contribution >= 0.6 is 11.3 Å². The zero-order chi connectivity index (χ0) is 14.9. The molecule has 0 bridgehead atoms. The summed E-state index contributed by atoms with van der Waals surface area (Å²) in [7, 11) is 0. The van der Waals surface area contributed by atoms with Crippen molar-refractivity contribution in [3.8, 4) is 0 Å². The fourth-order valence-electron chi connectivity index (χ4n) is 1.83. The molecule has 0 saturated carbocycles. The molecule has 5 nitrogen and oxygen atoms in total. The highest BCUT2D eigenvalue weighted by molar-refractivity contribution is 7.07. The quantitative estimate of drug-likeness (QED) is 0.805. The molecule has 0 aromatic carbocycles. The standard InChI is InChI=1S/C12H10F3N5S/c13-12(14,15)11-18-17-10-2-1-9(19-20(10)11)16-5-3-8-4-6-21-7-8/h1-2,4,6-7H,3,5H2,(H,16,19). The zero-order valence-corrected chi connectivity index (χ0v) is 11.4. The zero-order valence-electron chi connectivity index (χ0n) is 10.6. The number of thiophene rings is 1. The van der Waals surface area contributed by atoms with Crippen molar-refractivity contribution >= 4 is 22.8 Å². The Morgan fingerprint density at radius 3 is 2.76 bits per heavy atom. The molecule has 0 atom stereocenters. The van der Waals surface area contributed by atoms with E-state index in [4.69, 9.17) is 0 Å². The van der Waals surface area contributed by atoms with Crippen molar-refractivity contribution in [2.75, 3.05) is 11.9 Å². The maximum Gasteiger partial charge on any atom is 0.453 e. The highest BCUT2D eigenvalue weighted by Gasteiger charge is 2.37. The Bertz CT molecular complexity index is 735. The van der Waals surface area contributed by atoms with E-state index in [1.54, 1.807) is 17.4 Å². The van der Waals surface area contributed by atoms with Crippen molar-refractivity contribution < 1.29 is 13.2 Å². The Morgan fingerprint density at radius 1 is 1.19 bits per heavy atom. The number of fused-ring (bicyclic) bond motifs is 1. The average Bonchev–Trinajstić information content (AvgIpc) is 3.05. The summed E-state index contributed by atoms with van der Waals surface area (Å²) in [5, 5.41) is 17.5. The minimum atomic E-state index is -4.58. The van der Waals surface area contributed by atoms with E-state index in [1.165, 1.54) is 11.6 Å². The van der Waals surface area contributed by atoms with Crippen LogP contribution < -0.4 is 5.32 Å². The first kappa shape index (κ1) is 13.8. The first-order chi connectivity index (χ1) is 10.0. The topological polar surface area (TPSA) is 55.1 Å². The highest BCUT2D eigenvalue weighted by atomic mass is 32.1. The molecule has 0 aliphatic rings. The molecule has 0 fully saturated rings. The van der Waals surface area contributed by atoms with Crippen molar-refractivity contribution in [2.24, 2.45) is 0 Å². The Balaban J connectivity index is 1.77. The second kappa shape index (κ2) is 5.32. The number of nitrogens with zero attached hydrogens (tertiary/aromatic N) is 4. The molecule has 21 heavy (non-hydrogen) atoms. The molecule has 3 heterocycles. The summed E-state index contributed by atoms with van der Waals surface area (Å²) in [5.74, 6) is -0.776. The van der Waals surface area contributed by atoms with Gasteiger partial charge in [-0.1, -0.05) is 0 Å². The molecular weight excluding hydrogens is 303 g/mol. The minimum Gasteiger partial charge on any atom is -0.368 e. The van der Waals surface area contributed by atoms with Gasteiger partial charge in [0, 0.05) is 6.54 Å². The molecule has 0 amide bonds. The molecule has 110 valence electrons. The fraction of sp³-hybridized carbons (Fsp3) is 0.250. The number of nitrogens with one attached hydrogen (secondary N) is 1. The van der Waals surface area contributed by atoms with Crippen LogP contribution in [0, 0.1) is 0 Å². The molecule has 9 heteroatoms. The molecule has 0 aliphatic heterocycles. The van der Waals surface area contributed by atoms with Gasteiger partial charge in [0.1, 0.15) is 5.82 Å². The van der Waals surface area contributed by atoms with Crippen LogP contribution in [0.15, 0.2) is 29.0 Å². The van der Waals surface area contributed by atoms with Crippen LogP contribution in [0.5, 0.6) is 0 Å². The summed E-state index contributed by atoms with van der Waals surface area (Å²) in [6, 6.07) is 5.03. The van der Waals surface area contributed by atoms with E-state index in [9.17, 15) is 13.2 Å². The fourth-order valence-corrected chi connectivity index (χ4v) is 2.53. The molecule has 3 aromatic heterocycles. The molecule has 0 aliphatic carbocycles. The summed E-state index contributed by atoms with van der Waals surface area (Å²) in [6.45, 7) is 0.582. The van der Waals surface area contributed by atoms with Gasteiger partial charge >= 0.3 is 6.18 Å². The summed E-state index contributed by atoms with van der Waals surface area (Å²) >= 11 is 1.60. The van der Waals surface area contributed by atoms with Gasteiger partial charge in [-0.05, 0) is 40.9 Å². The third kappa shape index (κ3) is 2.97. The number of aromatic nitrogens is 4.